The van der Waals surface area contributed by atoms with E-state index in [1.807, 2.05) is 26.0 Å². The van der Waals surface area contributed by atoms with Gasteiger partial charge in [0.05, 0.1) is 6.54 Å². The highest BCUT2D eigenvalue weighted by molar-refractivity contribution is 14.1. The van der Waals surface area contributed by atoms with Crippen molar-refractivity contribution < 1.29 is 4.79 Å². The molecule has 4 nitrogen and oxygen atoms in total. The Bertz CT molecular complexity index is 638. The van der Waals surface area contributed by atoms with E-state index in [-0.39, 0.29) is 24.1 Å². The second-order valence-corrected chi connectivity index (χ2v) is 5.89. The maximum atomic E-state index is 12.1. The van der Waals surface area contributed by atoms with E-state index in [0.29, 0.717) is 5.56 Å². The molecule has 2 aromatic rings. The van der Waals surface area contributed by atoms with Gasteiger partial charge < -0.3 is 0 Å². The smallest absolute Gasteiger partial charge is 0.297 e. The first-order valence-electron chi connectivity index (χ1n) is 6.05. The van der Waals surface area contributed by atoms with Gasteiger partial charge in [-0.2, -0.15) is 0 Å². The average molecular weight is 370 g/mol. The third kappa shape index (κ3) is 3.15. The zero-order chi connectivity index (χ0) is 14.0. The Morgan fingerprint density at radius 2 is 1.84 bits per heavy atom. The summed E-state index contributed by atoms with van der Waals surface area (Å²) in [5.74, 6) is -0.0555. The Morgan fingerprint density at radius 1 is 1.21 bits per heavy atom. The zero-order valence-corrected chi connectivity index (χ0v) is 13.0. The van der Waals surface area contributed by atoms with Crippen molar-refractivity contribution in [2.75, 3.05) is 0 Å². The number of hydrogen-bond donors (Lipinski definition) is 0. The summed E-state index contributed by atoms with van der Waals surface area (Å²) in [6, 6.07) is 7.44. The van der Waals surface area contributed by atoms with E-state index >= 15 is 0 Å². The van der Waals surface area contributed by atoms with Gasteiger partial charge in [0.15, 0.2) is 5.78 Å². The van der Waals surface area contributed by atoms with E-state index in [2.05, 4.69) is 22.6 Å². The Hall–Kier alpha value is -1.37. The van der Waals surface area contributed by atoms with Gasteiger partial charge in [-0.1, -0.05) is 12.1 Å². The van der Waals surface area contributed by atoms with Crippen LogP contribution >= 0.6 is 22.6 Å². The standard InChI is InChI=1S/C14H15IN2O2/c1-10(2)17-8-7-16(14(17)19)9-13(18)11-3-5-12(15)6-4-11/h3-8,10H,9H2,1-2H3. The lowest BCUT2D eigenvalue weighted by Gasteiger charge is -2.05. The molecule has 0 radical (unpaired) electrons. The molecule has 0 amide bonds. The van der Waals surface area contributed by atoms with Crippen LogP contribution in [-0.4, -0.2) is 14.9 Å². The molecule has 0 saturated heterocycles. The molecule has 0 aliphatic heterocycles. The summed E-state index contributed by atoms with van der Waals surface area (Å²) in [6.45, 7) is 3.96. The molecule has 1 aromatic heterocycles. The van der Waals surface area contributed by atoms with Gasteiger partial charge in [-0.3, -0.25) is 13.9 Å². The molecule has 100 valence electrons. The van der Waals surface area contributed by atoms with Crippen LogP contribution in [0.25, 0.3) is 0 Å². The lowest BCUT2D eigenvalue weighted by molar-refractivity contribution is 0.0970. The number of halogens is 1. The quantitative estimate of drug-likeness (QED) is 0.614. The SMILES string of the molecule is CC(C)n1ccn(CC(=O)c2ccc(I)cc2)c1=O. The fraction of sp³-hybridized carbons (Fsp3) is 0.286. The lowest BCUT2D eigenvalue weighted by atomic mass is 10.1. The number of imidazole rings is 1. The molecule has 1 heterocycles. The number of aromatic nitrogens is 2. The van der Waals surface area contributed by atoms with Crippen molar-refractivity contribution in [1.82, 2.24) is 9.13 Å². The molecule has 0 aliphatic rings. The molecule has 0 bridgehead atoms. The molecule has 0 N–H and O–H groups in total. The van der Waals surface area contributed by atoms with Crippen molar-refractivity contribution in [3.8, 4) is 0 Å². The molecule has 0 fully saturated rings. The van der Waals surface area contributed by atoms with Gasteiger partial charge in [0, 0.05) is 27.6 Å². The van der Waals surface area contributed by atoms with Gasteiger partial charge in [-0.05, 0) is 48.6 Å². The van der Waals surface area contributed by atoms with Crippen molar-refractivity contribution >= 4 is 28.4 Å². The second-order valence-electron chi connectivity index (χ2n) is 4.64. The molecular weight excluding hydrogens is 355 g/mol. The van der Waals surface area contributed by atoms with Crippen molar-refractivity contribution in [2.45, 2.75) is 26.4 Å². The summed E-state index contributed by atoms with van der Waals surface area (Å²) in [5, 5.41) is 0. The van der Waals surface area contributed by atoms with E-state index < -0.39 is 0 Å². The Labute approximate surface area is 125 Å². The van der Waals surface area contributed by atoms with Crippen LogP contribution < -0.4 is 5.69 Å². The minimum absolute atomic E-state index is 0.0555. The van der Waals surface area contributed by atoms with Crippen LogP contribution in [0.15, 0.2) is 41.5 Å². The molecule has 5 heteroatoms. The Morgan fingerprint density at radius 3 is 2.37 bits per heavy atom. The van der Waals surface area contributed by atoms with Crippen molar-refractivity contribution in [1.29, 1.82) is 0 Å². The highest BCUT2D eigenvalue weighted by Gasteiger charge is 2.11. The summed E-state index contributed by atoms with van der Waals surface area (Å²) < 4.78 is 4.14. The molecule has 0 saturated carbocycles. The number of hydrogen-bond acceptors (Lipinski definition) is 2. The van der Waals surface area contributed by atoms with E-state index in [1.54, 1.807) is 29.1 Å². The molecule has 0 aliphatic carbocycles. The summed E-state index contributed by atoms with van der Waals surface area (Å²) >= 11 is 2.19. The van der Waals surface area contributed by atoms with Crippen LogP contribution in [0, 0.1) is 3.57 Å². The first kappa shape index (κ1) is 14.0. The average Bonchev–Trinajstić information content (AvgIpc) is 2.72. The van der Waals surface area contributed by atoms with Gasteiger partial charge in [0.2, 0.25) is 0 Å². The van der Waals surface area contributed by atoms with Crippen LogP contribution in [0.1, 0.15) is 30.2 Å². The third-order valence-corrected chi connectivity index (χ3v) is 3.63. The third-order valence-electron chi connectivity index (χ3n) is 2.91. The van der Waals surface area contributed by atoms with E-state index in [1.165, 1.54) is 4.57 Å². The Balaban J connectivity index is 2.20. The van der Waals surface area contributed by atoms with Gasteiger partial charge in [-0.25, -0.2) is 4.79 Å². The largest absolute Gasteiger partial charge is 0.328 e. The molecule has 0 unspecified atom stereocenters. The number of carbonyl (C=O) groups is 1. The Kier molecular flexibility index (Phi) is 4.24. The van der Waals surface area contributed by atoms with Gasteiger partial charge in [-0.15, -0.1) is 0 Å². The van der Waals surface area contributed by atoms with E-state index in [4.69, 9.17) is 0 Å². The van der Waals surface area contributed by atoms with Crippen LogP contribution in [0.3, 0.4) is 0 Å². The summed E-state index contributed by atoms with van der Waals surface area (Å²) in [4.78, 5) is 24.1. The fourth-order valence-corrected chi connectivity index (χ4v) is 2.18. The lowest BCUT2D eigenvalue weighted by Crippen LogP contribution is -2.27. The molecule has 1 aromatic carbocycles. The van der Waals surface area contributed by atoms with Crippen molar-refractivity contribution in [3.05, 3.63) is 56.3 Å². The van der Waals surface area contributed by atoms with E-state index in [9.17, 15) is 9.59 Å². The number of benzene rings is 1. The fourth-order valence-electron chi connectivity index (χ4n) is 1.82. The maximum absolute atomic E-state index is 12.1. The van der Waals surface area contributed by atoms with Crippen LogP contribution in [-0.2, 0) is 6.54 Å². The predicted molar refractivity (Wildman–Crippen MR) is 82.6 cm³/mol. The van der Waals surface area contributed by atoms with Crippen molar-refractivity contribution in [3.63, 3.8) is 0 Å². The summed E-state index contributed by atoms with van der Waals surface area (Å²) in [6.07, 6.45) is 3.38. The van der Waals surface area contributed by atoms with Gasteiger partial charge in [0.25, 0.3) is 0 Å². The molecule has 0 atom stereocenters. The molecule has 2 rings (SSSR count). The molecule has 0 spiro atoms. The van der Waals surface area contributed by atoms with Crippen LogP contribution in [0.5, 0.6) is 0 Å². The number of carbonyl (C=O) groups excluding carboxylic acids is 1. The van der Waals surface area contributed by atoms with Gasteiger partial charge in [0.1, 0.15) is 0 Å². The molecule has 19 heavy (non-hydrogen) atoms. The highest BCUT2D eigenvalue weighted by atomic mass is 127. The summed E-state index contributed by atoms with van der Waals surface area (Å²) in [7, 11) is 0. The first-order chi connectivity index (χ1) is 8.99. The van der Waals surface area contributed by atoms with Crippen molar-refractivity contribution in [2.24, 2.45) is 0 Å². The number of Topliss-reactive ketones (excluding diaryl/α,β-unsaturated/α-hetero) is 1. The first-order valence-corrected chi connectivity index (χ1v) is 7.13. The minimum Gasteiger partial charge on any atom is -0.297 e. The maximum Gasteiger partial charge on any atom is 0.328 e. The van der Waals surface area contributed by atoms with Crippen LogP contribution in [0.4, 0.5) is 0 Å². The van der Waals surface area contributed by atoms with Gasteiger partial charge >= 0.3 is 5.69 Å². The normalized spacial score (nSPS) is 10.9. The number of nitrogens with zero attached hydrogens (tertiary/aromatic N) is 2. The molecular formula is C14H15IN2O2. The second kappa shape index (κ2) is 5.73. The monoisotopic (exact) mass is 370 g/mol. The minimum atomic E-state index is -0.145. The van der Waals surface area contributed by atoms with Crippen LogP contribution in [0.2, 0.25) is 0 Å². The number of rotatable bonds is 4. The summed E-state index contributed by atoms with van der Waals surface area (Å²) in [5.41, 5.74) is 0.485. The topological polar surface area (TPSA) is 44.0 Å². The zero-order valence-electron chi connectivity index (χ0n) is 10.8. The highest BCUT2D eigenvalue weighted by Crippen LogP contribution is 2.08. The van der Waals surface area contributed by atoms with E-state index in [0.717, 1.165) is 3.57 Å². The predicted octanol–water partition coefficient (Wildman–Crippen LogP) is 2.72. The number of ketones is 1.